The normalized spacial score (nSPS) is 8.36. The topological polar surface area (TPSA) is 127 Å². The van der Waals surface area contributed by atoms with E-state index in [4.69, 9.17) is 21.7 Å². The molecule has 0 aromatic heterocycles. The first-order chi connectivity index (χ1) is 9.41. The van der Waals surface area contributed by atoms with E-state index >= 15 is 0 Å². The number of aromatic carboxylic acids is 2. The van der Waals surface area contributed by atoms with Crippen molar-refractivity contribution in [2.45, 2.75) is 0 Å². The molecule has 0 radical (unpaired) electrons. The second kappa shape index (κ2) is 10.3. The van der Waals surface area contributed by atoms with Gasteiger partial charge in [0.2, 0.25) is 0 Å². The SMILES string of the molecule is Cl.Cl.Nc1ccccc1N.O=C(O)c1ccc(C(=O)O)cc1. The number of nitrogen functional groups attached to an aromatic ring is 2. The van der Waals surface area contributed by atoms with E-state index in [-0.39, 0.29) is 35.9 Å². The molecule has 0 spiro atoms. The van der Waals surface area contributed by atoms with Crippen molar-refractivity contribution in [2.24, 2.45) is 0 Å². The standard InChI is InChI=1S/C8H6O4.C6H8N2.2ClH/c9-7(10)5-1-2-6(4-3-5)8(11)12;7-5-3-1-2-4-6(5)8;;/h1-4H,(H,9,10)(H,11,12);1-4H,7-8H2;2*1H. The fourth-order valence-corrected chi connectivity index (χ4v) is 1.27. The van der Waals surface area contributed by atoms with E-state index in [0.717, 1.165) is 0 Å². The van der Waals surface area contributed by atoms with Gasteiger partial charge < -0.3 is 21.7 Å². The van der Waals surface area contributed by atoms with Crippen LogP contribution in [0, 0.1) is 0 Å². The Morgan fingerprint density at radius 3 is 1.14 bits per heavy atom. The molecule has 2 aromatic carbocycles. The van der Waals surface area contributed by atoms with E-state index in [9.17, 15) is 9.59 Å². The number of hydrogen-bond donors (Lipinski definition) is 4. The molecule has 0 unspecified atom stereocenters. The number of carbonyl (C=O) groups is 2. The van der Waals surface area contributed by atoms with Gasteiger partial charge in [-0.3, -0.25) is 0 Å². The molecule has 0 aliphatic carbocycles. The molecular formula is C14H16Cl2N2O4. The van der Waals surface area contributed by atoms with Gasteiger partial charge in [-0.25, -0.2) is 9.59 Å². The third-order valence-corrected chi connectivity index (χ3v) is 2.37. The molecule has 0 saturated heterocycles. The summed E-state index contributed by atoms with van der Waals surface area (Å²) in [6.45, 7) is 0. The van der Waals surface area contributed by atoms with E-state index in [2.05, 4.69) is 0 Å². The first-order valence-corrected chi connectivity index (χ1v) is 5.58. The summed E-state index contributed by atoms with van der Waals surface area (Å²) in [6, 6.07) is 12.3. The fourth-order valence-electron chi connectivity index (χ4n) is 1.27. The molecule has 0 heterocycles. The molecule has 6 N–H and O–H groups in total. The van der Waals surface area contributed by atoms with Crippen LogP contribution in [0.4, 0.5) is 11.4 Å². The van der Waals surface area contributed by atoms with Crippen molar-refractivity contribution in [2.75, 3.05) is 11.5 Å². The van der Waals surface area contributed by atoms with Crippen LogP contribution in [0.3, 0.4) is 0 Å². The summed E-state index contributed by atoms with van der Waals surface area (Å²) in [6.07, 6.45) is 0. The second-order valence-corrected chi connectivity index (χ2v) is 3.82. The lowest BCUT2D eigenvalue weighted by molar-refractivity contribution is 0.0681. The molecule has 0 fully saturated rings. The lowest BCUT2D eigenvalue weighted by Gasteiger charge is -1.94. The number of para-hydroxylation sites is 2. The third-order valence-electron chi connectivity index (χ3n) is 2.37. The van der Waals surface area contributed by atoms with Crippen molar-refractivity contribution in [1.29, 1.82) is 0 Å². The molecule has 0 aliphatic heterocycles. The molecule has 0 amide bonds. The van der Waals surface area contributed by atoms with Gasteiger partial charge in [-0.15, -0.1) is 24.8 Å². The highest BCUT2D eigenvalue weighted by Gasteiger charge is 2.04. The maximum Gasteiger partial charge on any atom is 0.335 e. The Labute approximate surface area is 139 Å². The summed E-state index contributed by atoms with van der Waals surface area (Å²) in [7, 11) is 0. The Kier molecular flexibility index (Phi) is 10.2. The first kappa shape index (κ1) is 21.9. The van der Waals surface area contributed by atoms with Crippen LogP contribution in [0.25, 0.3) is 0 Å². The van der Waals surface area contributed by atoms with E-state index in [1.165, 1.54) is 24.3 Å². The number of rotatable bonds is 2. The maximum atomic E-state index is 10.3. The van der Waals surface area contributed by atoms with E-state index in [1.807, 2.05) is 12.1 Å². The molecule has 2 aromatic rings. The third kappa shape index (κ3) is 6.83. The van der Waals surface area contributed by atoms with Crippen LogP contribution in [0.15, 0.2) is 48.5 Å². The van der Waals surface area contributed by atoms with Crippen LogP contribution >= 0.6 is 24.8 Å². The number of anilines is 2. The Morgan fingerprint density at radius 1 is 0.682 bits per heavy atom. The quantitative estimate of drug-likeness (QED) is 0.619. The summed E-state index contributed by atoms with van der Waals surface area (Å²) in [5, 5.41) is 16.9. The van der Waals surface area contributed by atoms with Crippen molar-refractivity contribution in [3.63, 3.8) is 0 Å². The minimum atomic E-state index is -1.06. The maximum absolute atomic E-state index is 10.3. The summed E-state index contributed by atoms with van der Waals surface area (Å²) in [4.78, 5) is 20.7. The first-order valence-electron chi connectivity index (χ1n) is 5.58. The fraction of sp³-hybridized carbons (Fsp3) is 0. The van der Waals surface area contributed by atoms with E-state index in [1.54, 1.807) is 12.1 Å². The molecule has 120 valence electrons. The van der Waals surface area contributed by atoms with Gasteiger partial charge in [0.05, 0.1) is 22.5 Å². The van der Waals surface area contributed by atoms with Crippen molar-refractivity contribution in [3.8, 4) is 0 Å². The lowest BCUT2D eigenvalue weighted by atomic mass is 10.1. The number of halogens is 2. The molecule has 0 aliphatic rings. The van der Waals surface area contributed by atoms with Crippen LogP contribution in [-0.4, -0.2) is 22.2 Å². The summed E-state index contributed by atoms with van der Waals surface area (Å²) >= 11 is 0. The molecule has 0 bridgehead atoms. The highest BCUT2D eigenvalue weighted by Crippen LogP contribution is 2.10. The highest BCUT2D eigenvalue weighted by atomic mass is 35.5. The van der Waals surface area contributed by atoms with Crippen molar-refractivity contribution < 1.29 is 19.8 Å². The van der Waals surface area contributed by atoms with Gasteiger partial charge in [0.15, 0.2) is 0 Å². The number of carboxylic acids is 2. The molecule has 2 rings (SSSR count). The van der Waals surface area contributed by atoms with E-state index in [0.29, 0.717) is 11.4 Å². The lowest BCUT2D eigenvalue weighted by Crippen LogP contribution is -1.99. The van der Waals surface area contributed by atoms with Gasteiger partial charge in [0, 0.05) is 0 Å². The molecular weight excluding hydrogens is 331 g/mol. The summed E-state index contributed by atoms with van der Waals surface area (Å²) in [5.74, 6) is -2.13. The minimum absolute atomic E-state index is 0. The average molecular weight is 347 g/mol. The van der Waals surface area contributed by atoms with Gasteiger partial charge in [0.25, 0.3) is 0 Å². The molecule has 22 heavy (non-hydrogen) atoms. The van der Waals surface area contributed by atoms with Crippen molar-refractivity contribution in [3.05, 3.63) is 59.7 Å². The van der Waals surface area contributed by atoms with E-state index < -0.39 is 11.9 Å². The zero-order chi connectivity index (χ0) is 15.1. The van der Waals surface area contributed by atoms with Gasteiger partial charge >= 0.3 is 11.9 Å². The van der Waals surface area contributed by atoms with Crippen molar-refractivity contribution in [1.82, 2.24) is 0 Å². The Hall–Kier alpha value is -2.44. The Bertz CT molecular complexity index is 564. The smallest absolute Gasteiger partial charge is 0.335 e. The monoisotopic (exact) mass is 346 g/mol. The number of nitrogens with two attached hydrogens (primary N) is 2. The summed E-state index contributed by atoms with van der Waals surface area (Å²) in [5.41, 5.74) is 12.2. The number of carboxylic acid groups (broad SMARTS) is 2. The summed E-state index contributed by atoms with van der Waals surface area (Å²) < 4.78 is 0. The predicted octanol–water partition coefficient (Wildman–Crippen LogP) is 2.78. The number of benzene rings is 2. The second-order valence-electron chi connectivity index (χ2n) is 3.82. The minimum Gasteiger partial charge on any atom is -0.478 e. The Morgan fingerprint density at radius 2 is 0.955 bits per heavy atom. The van der Waals surface area contributed by atoms with Crippen LogP contribution in [0.5, 0.6) is 0 Å². The van der Waals surface area contributed by atoms with Crippen LogP contribution in [0.1, 0.15) is 20.7 Å². The van der Waals surface area contributed by atoms with Crippen LogP contribution in [-0.2, 0) is 0 Å². The van der Waals surface area contributed by atoms with Gasteiger partial charge in [-0.2, -0.15) is 0 Å². The van der Waals surface area contributed by atoms with Crippen LogP contribution < -0.4 is 11.5 Å². The van der Waals surface area contributed by atoms with Crippen molar-refractivity contribution >= 4 is 48.1 Å². The van der Waals surface area contributed by atoms with Gasteiger partial charge in [0.1, 0.15) is 0 Å². The van der Waals surface area contributed by atoms with Gasteiger partial charge in [-0.05, 0) is 36.4 Å². The largest absolute Gasteiger partial charge is 0.478 e. The molecule has 0 saturated carbocycles. The predicted molar refractivity (Wildman–Crippen MR) is 90.1 cm³/mol. The zero-order valence-corrected chi connectivity index (χ0v) is 12.9. The zero-order valence-electron chi connectivity index (χ0n) is 11.3. The van der Waals surface area contributed by atoms with Crippen LogP contribution in [0.2, 0.25) is 0 Å². The number of hydrogen-bond acceptors (Lipinski definition) is 4. The van der Waals surface area contributed by atoms with Gasteiger partial charge in [-0.1, -0.05) is 12.1 Å². The Balaban J connectivity index is 0. The molecule has 6 nitrogen and oxygen atoms in total. The molecule has 0 atom stereocenters. The average Bonchev–Trinajstić information content (AvgIpc) is 2.43. The molecule has 8 heteroatoms. The highest BCUT2D eigenvalue weighted by molar-refractivity contribution is 5.91.